The van der Waals surface area contributed by atoms with E-state index in [4.69, 9.17) is 4.74 Å². The maximum absolute atomic E-state index is 12.9. The van der Waals surface area contributed by atoms with Crippen LogP contribution in [0.15, 0.2) is 30.3 Å². The van der Waals surface area contributed by atoms with E-state index in [0.717, 1.165) is 16.8 Å². The molecule has 0 spiro atoms. The van der Waals surface area contributed by atoms with Gasteiger partial charge in [0.05, 0.1) is 6.61 Å². The molecule has 3 nitrogen and oxygen atoms in total. The first kappa shape index (κ1) is 13.3. The molecule has 0 saturated carbocycles. The Labute approximate surface area is 111 Å². The van der Waals surface area contributed by atoms with E-state index in [1.165, 1.54) is 12.1 Å². The molecule has 0 fully saturated rings. The number of hydrogen-bond acceptors (Lipinski definition) is 2. The van der Waals surface area contributed by atoms with E-state index in [1.54, 1.807) is 29.7 Å². The minimum atomic E-state index is -0.346. The van der Waals surface area contributed by atoms with Gasteiger partial charge in [-0.3, -0.25) is 0 Å². The number of carbonyl (C=O) groups excluding carboxylic acids is 1. The first-order valence-electron chi connectivity index (χ1n) is 6.14. The predicted octanol–water partition coefficient (Wildman–Crippen LogP) is 3.32. The van der Waals surface area contributed by atoms with E-state index in [2.05, 4.69) is 0 Å². The minimum Gasteiger partial charge on any atom is -0.461 e. The Morgan fingerprint density at radius 3 is 2.53 bits per heavy atom. The van der Waals surface area contributed by atoms with Crippen molar-refractivity contribution in [1.82, 2.24) is 4.57 Å². The fourth-order valence-electron chi connectivity index (χ4n) is 2.02. The summed E-state index contributed by atoms with van der Waals surface area (Å²) >= 11 is 0. The number of esters is 1. The molecule has 0 unspecified atom stereocenters. The van der Waals surface area contributed by atoms with Gasteiger partial charge in [-0.25, -0.2) is 9.18 Å². The van der Waals surface area contributed by atoms with Gasteiger partial charge in [0.2, 0.25) is 0 Å². The zero-order chi connectivity index (χ0) is 14.0. The van der Waals surface area contributed by atoms with Crippen molar-refractivity contribution in [2.75, 3.05) is 6.61 Å². The Balaban J connectivity index is 2.45. The maximum atomic E-state index is 12.9. The largest absolute Gasteiger partial charge is 0.461 e. The van der Waals surface area contributed by atoms with Crippen molar-refractivity contribution in [1.29, 1.82) is 0 Å². The summed E-state index contributed by atoms with van der Waals surface area (Å²) in [7, 11) is 1.81. The van der Waals surface area contributed by atoms with Crippen molar-refractivity contribution in [3.63, 3.8) is 0 Å². The third-order valence-electron chi connectivity index (χ3n) is 3.18. The summed E-state index contributed by atoms with van der Waals surface area (Å²) in [6.07, 6.45) is 0. The van der Waals surface area contributed by atoms with Gasteiger partial charge in [0.25, 0.3) is 0 Å². The molecule has 0 saturated heterocycles. The quantitative estimate of drug-likeness (QED) is 0.794. The number of ether oxygens (including phenoxy) is 1. The lowest BCUT2D eigenvalue weighted by Gasteiger charge is -2.04. The number of nitrogens with zero attached hydrogens (tertiary/aromatic N) is 1. The average molecular weight is 261 g/mol. The standard InChI is InChI=1S/C15H16FNO2/c1-4-19-15(18)14-9-13(10(2)17(14)3)11-5-7-12(16)8-6-11/h5-9H,4H2,1-3H3. The van der Waals surface area contributed by atoms with Crippen LogP contribution in [-0.4, -0.2) is 17.1 Å². The highest BCUT2D eigenvalue weighted by Gasteiger charge is 2.17. The minimum absolute atomic E-state index is 0.275. The monoisotopic (exact) mass is 261 g/mol. The zero-order valence-corrected chi connectivity index (χ0v) is 11.2. The van der Waals surface area contributed by atoms with Crippen LogP contribution >= 0.6 is 0 Å². The lowest BCUT2D eigenvalue weighted by Crippen LogP contribution is -2.10. The molecule has 0 N–H and O–H groups in total. The van der Waals surface area contributed by atoms with Crippen molar-refractivity contribution < 1.29 is 13.9 Å². The highest BCUT2D eigenvalue weighted by molar-refractivity contribution is 5.90. The molecule has 19 heavy (non-hydrogen) atoms. The number of carbonyl (C=O) groups is 1. The molecule has 0 atom stereocenters. The molecule has 0 aliphatic heterocycles. The van der Waals surface area contributed by atoms with E-state index < -0.39 is 0 Å². The van der Waals surface area contributed by atoms with Gasteiger partial charge < -0.3 is 9.30 Å². The molecular weight excluding hydrogens is 245 g/mol. The van der Waals surface area contributed by atoms with Crippen LogP contribution in [0.5, 0.6) is 0 Å². The molecule has 1 aromatic carbocycles. The normalized spacial score (nSPS) is 10.5. The van der Waals surface area contributed by atoms with Gasteiger partial charge in [-0.15, -0.1) is 0 Å². The van der Waals surface area contributed by atoms with Gasteiger partial charge in [0.15, 0.2) is 0 Å². The van der Waals surface area contributed by atoms with Crippen LogP contribution in [0.25, 0.3) is 11.1 Å². The van der Waals surface area contributed by atoms with Crippen molar-refractivity contribution in [3.05, 3.63) is 47.5 Å². The summed E-state index contributed by atoms with van der Waals surface area (Å²) in [5, 5.41) is 0. The van der Waals surface area contributed by atoms with E-state index in [-0.39, 0.29) is 11.8 Å². The van der Waals surface area contributed by atoms with Crippen LogP contribution in [0, 0.1) is 12.7 Å². The lowest BCUT2D eigenvalue weighted by molar-refractivity contribution is 0.0515. The van der Waals surface area contributed by atoms with Crippen LogP contribution < -0.4 is 0 Å². The molecule has 0 amide bonds. The van der Waals surface area contributed by atoms with E-state index in [9.17, 15) is 9.18 Å². The summed E-state index contributed by atoms with van der Waals surface area (Å²) in [5.41, 5.74) is 3.23. The van der Waals surface area contributed by atoms with E-state index in [0.29, 0.717) is 12.3 Å². The Hall–Kier alpha value is -2.10. The topological polar surface area (TPSA) is 31.2 Å². The Kier molecular flexibility index (Phi) is 3.69. The van der Waals surface area contributed by atoms with Crippen LogP contribution in [0.3, 0.4) is 0 Å². The second-order valence-corrected chi connectivity index (χ2v) is 4.32. The zero-order valence-electron chi connectivity index (χ0n) is 11.2. The lowest BCUT2D eigenvalue weighted by atomic mass is 10.1. The molecule has 1 aromatic heterocycles. The molecule has 0 aliphatic carbocycles. The summed E-state index contributed by atoms with van der Waals surface area (Å²) in [5.74, 6) is -0.621. The van der Waals surface area contributed by atoms with Gasteiger partial charge in [-0.2, -0.15) is 0 Å². The van der Waals surface area contributed by atoms with Gasteiger partial charge in [-0.1, -0.05) is 12.1 Å². The molecule has 100 valence electrons. The second-order valence-electron chi connectivity index (χ2n) is 4.32. The van der Waals surface area contributed by atoms with Crippen molar-refractivity contribution in [2.24, 2.45) is 7.05 Å². The highest BCUT2D eigenvalue weighted by Crippen LogP contribution is 2.26. The van der Waals surface area contributed by atoms with Crippen molar-refractivity contribution >= 4 is 5.97 Å². The molecule has 2 rings (SSSR count). The molecule has 2 aromatic rings. The van der Waals surface area contributed by atoms with Crippen LogP contribution in [0.4, 0.5) is 4.39 Å². The maximum Gasteiger partial charge on any atom is 0.354 e. The summed E-state index contributed by atoms with van der Waals surface area (Å²) < 4.78 is 19.7. The number of halogens is 1. The first-order valence-corrected chi connectivity index (χ1v) is 6.14. The molecular formula is C15H16FNO2. The Morgan fingerprint density at radius 2 is 1.95 bits per heavy atom. The van der Waals surface area contributed by atoms with Gasteiger partial charge in [-0.05, 0) is 37.6 Å². The molecule has 0 radical (unpaired) electrons. The van der Waals surface area contributed by atoms with E-state index >= 15 is 0 Å². The number of aromatic nitrogens is 1. The van der Waals surface area contributed by atoms with Crippen LogP contribution in [0.1, 0.15) is 23.1 Å². The summed E-state index contributed by atoms with van der Waals surface area (Å²) in [6.45, 7) is 4.03. The third-order valence-corrected chi connectivity index (χ3v) is 3.18. The SMILES string of the molecule is CCOC(=O)c1cc(-c2ccc(F)cc2)c(C)n1C. The van der Waals surface area contributed by atoms with E-state index in [1.807, 2.05) is 14.0 Å². The second kappa shape index (κ2) is 5.26. The van der Waals surface area contributed by atoms with Crippen LogP contribution in [0.2, 0.25) is 0 Å². The summed E-state index contributed by atoms with van der Waals surface area (Å²) in [6, 6.07) is 8.00. The Bertz CT molecular complexity index is 599. The van der Waals surface area contributed by atoms with Gasteiger partial charge >= 0.3 is 5.97 Å². The number of hydrogen-bond donors (Lipinski definition) is 0. The molecule has 0 aliphatic rings. The Morgan fingerprint density at radius 1 is 1.32 bits per heavy atom. The average Bonchev–Trinajstić information content (AvgIpc) is 2.68. The molecule has 0 bridgehead atoms. The van der Waals surface area contributed by atoms with Crippen molar-refractivity contribution in [2.45, 2.75) is 13.8 Å². The van der Waals surface area contributed by atoms with Crippen molar-refractivity contribution in [3.8, 4) is 11.1 Å². The van der Waals surface area contributed by atoms with Gasteiger partial charge in [0.1, 0.15) is 11.5 Å². The van der Waals surface area contributed by atoms with Crippen LogP contribution in [-0.2, 0) is 11.8 Å². The first-order chi connectivity index (χ1) is 9.04. The molecule has 1 heterocycles. The fourth-order valence-corrected chi connectivity index (χ4v) is 2.02. The highest BCUT2D eigenvalue weighted by atomic mass is 19.1. The van der Waals surface area contributed by atoms with Gasteiger partial charge in [0, 0.05) is 18.3 Å². The predicted molar refractivity (Wildman–Crippen MR) is 71.5 cm³/mol. The molecule has 4 heteroatoms. The fraction of sp³-hybridized carbons (Fsp3) is 0.267. The third kappa shape index (κ3) is 2.52. The number of rotatable bonds is 3. The summed E-state index contributed by atoms with van der Waals surface area (Å²) in [4.78, 5) is 11.8. The smallest absolute Gasteiger partial charge is 0.354 e. The number of benzene rings is 1.